The van der Waals surface area contributed by atoms with Crippen molar-refractivity contribution in [3.8, 4) is 5.75 Å². The van der Waals surface area contributed by atoms with Crippen LogP contribution in [0.15, 0.2) is 24.3 Å². The Morgan fingerprint density at radius 1 is 1.38 bits per heavy atom. The van der Waals surface area contributed by atoms with E-state index in [4.69, 9.17) is 22.1 Å². The molecule has 1 aromatic rings. The maximum Gasteiger partial charge on any atom is 0.260 e. The highest BCUT2D eigenvalue weighted by Crippen LogP contribution is 2.19. The summed E-state index contributed by atoms with van der Waals surface area (Å²) in [4.78, 5) is 12.1. The van der Waals surface area contributed by atoms with Crippen molar-refractivity contribution >= 4 is 29.9 Å². The van der Waals surface area contributed by atoms with Gasteiger partial charge in [-0.15, -0.1) is 12.4 Å². The van der Waals surface area contributed by atoms with E-state index in [1.165, 1.54) is 0 Å². The second kappa shape index (κ2) is 8.47. The van der Waals surface area contributed by atoms with Gasteiger partial charge in [0.15, 0.2) is 6.10 Å². The van der Waals surface area contributed by atoms with Crippen LogP contribution < -0.4 is 15.8 Å². The molecular weight excluding hydrogens is 311 g/mol. The summed E-state index contributed by atoms with van der Waals surface area (Å²) in [6.07, 6.45) is 3.28. The topological polar surface area (TPSA) is 64.3 Å². The number of nitrogens with two attached hydrogens (primary N) is 1. The molecule has 21 heavy (non-hydrogen) atoms. The van der Waals surface area contributed by atoms with E-state index >= 15 is 0 Å². The molecule has 4 nitrogen and oxygen atoms in total. The normalized spacial score (nSPS) is 22.8. The molecule has 0 aliphatic heterocycles. The Kier molecular flexibility index (Phi) is 7.29. The smallest absolute Gasteiger partial charge is 0.260 e. The Morgan fingerprint density at radius 3 is 2.67 bits per heavy atom. The van der Waals surface area contributed by atoms with Gasteiger partial charge in [0.05, 0.1) is 0 Å². The number of hydrogen-bond donors (Lipinski definition) is 2. The van der Waals surface area contributed by atoms with Gasteiger partial charge in [0.25, 0.3) is 5.91 Å². The van der Waals surface area contributed by atoms with Gasteiger partial charge in [-0.1, -0.05) is 17.7 Å². The number of carbonyl (C=O) groups excluding carboxylic acids is 1. The number of ether oxygens (including phenoxy) is 1. The molecule has 1 aliphatic rings. The average Bonchev–Trinajstić information content (AvgIpc) is 2.41. The lowest BCUT2D eigenvalue weighted by Gasteiger charge is -2.27. The first kappa shape index (κ1) is 18.1. The lowest BCUT2D eigenvalue weighted by molar-refractivity contribution is -0.128. The lowest BCUT2D eigenvalue weighted by Crippen LogP contribution is -2.45. The van der Waals surface area contributed by atoms with E-state index in [2.05, 4.69) is 5.32 Å². The minimum atomic E-state index is -0.538. The average molecular weight is 333 g/mol. The number of rotatable bonds is 4. The van der Waals surface area contributed by atoms with Crippen molar-refractivity contribution < 1.29 is 9.53 Å². The van der Waals surface area contributed by atoms with Crippen LogP contribution >= 0.6 is 24.0 Å². The third kappa shape index (κ3) is 5.73. The predicted molar refractivity (Wildman–Crippen MR) is 87.2 cm³/mol. The first-order chi connectivity index (χ1) is 9.54. The summed E-state index contributed by atoms with van der Waals surface area (Å²) in [6, 6.07) is 7.55. The van der Waals surface area contributed by atoms with Crippen molar-refractivity contribution in [1.29, 1.82) is 0 Å². The van der Waals surface area contributed by atoms with Crippen LogP contribution in [0.2, 0.25) is 5.02 Å². The van der Waals surface area contributed by atoms with Gasteiger partial charge in [-0.25, -0.2) is 0 Å². The van der Waals surface area contributed by atoms with E-state index < -0.39 is 6.10 Å². The molecule has 1 saturated carbocycles. The van der Waals surface area contributed by atoms with Crippen molar-refractivity contribution in [3.05, 3.63) is 29.3 Å². The summed E-state index contributed by atoms with van der Waals surface area (Å²) >= 11 is 5.88. The number of halogens is 2. The second-order valence-corrected chi connectivity index (χ2v) is 5.77. The van der Waals surface area contributed by atoms with Crippen molar-refractivity contribution in [2.24, 2.45) is 5.73 Å². The van der Waals surface area contributed by atoms with Gasteiger partial charge < -0.3 is 15.8 Å². The molecule has 0 saturated heterocycles. The van der Waals surface area contributed by atoms with Crippen LogP contribution in [0.25, 0.3) is 0 Å². The van der Waals surface area contributed by atoms with Crippen LogP contribution in [0.3, 0.4) is 0 Å². The fourth-order valence-electron chi connectivity index (χ4n) is 2.38. The Labute approximate surface area is 136 Å². The molecule has 1 aliphatic carbocycles. The predicted octanol–water partition coefficient (Wildman–Crippen LogP) is 2.92. The quantitative estimate of drug-likeness (QED) is 0.890. The molecule has 2 rings (SSSR count). The highest BCUT2D eigenvalue weighted by molar-refractivity contribution is 6.30. The highest BCUT2D eigenvalue weighted by atomic mass is 35.5. The largest absolute Gasteiger partial charge is 0.481 e. The maximum atomic E-state index is 12.1. The zero-order chi connectivity index (χ0) is 14.5. The summed E-state index contributed by atoms with van der Waals surface area (Å²) in [5.74, 6) is 0.510. The minimum absolute atomic E-state index is 0. The standard InChI is InChI=1S/C15H21ClN2O2.ClH/c1-10(20-14-4-2-3-11(16)9-14)15(19)18-13-7-5-12(17)6-8-13;/h2-4,9-10,12-13H,5-8,17H2,1H3,(H,18,19);1H. The number of carbonyl (C=O) groups is 1. The number of hydrogen-bond acceptors (Lipinski definition) is 3. The second-order valence-electron chi connectivity index (χ2n) is 5.34. The lowest BCUT2D eigenvalue weighted by atomic mass is 9.92. The molecule has 1 unspecified atom stereocenters. The van der Waals surface area contributed by atoms with Crippen LogP contribution in [-0.4, -0.2) is 24.1 Å². The molecule has 118 valence electrons. The zero-order valence-electron chi connectivity index (χ0n) is 12.0. The molecule has 1 amide bonds. The molecular formula is C15H22Cl2N2O2. The maximum absolute atomic E-state index is 12.1. The SMILES string of the molecule is CC(Oc1cccc(Cl)c1)C(=O)NC1CCC(N)CC1.Cl. The third-order valence-electron chi connectivity index (χ3n) is 3.60. The van der Waals surface area contributed by atoms with Crippen molar-refractivity contribution in [2.45, 2.75) is 50.8 Å². The summed E-state index contributed by atoms with van der Waals surface area (Å²) in [7, 11) is 0. The molecule has 0 heterocycles. The van der Waals surface area contributed by atoms with E-state index in [9.17, 15) is 4.79 Å². The van der Waals surface area contributed by atoms with Crippen LogP contribution in [-0.2, 0) is 4.79 Å². The molecule has 1 atom stereocenters. The molecule has 6 heteroatoms. The van der Waals surface area contributed by atoms with Crippen molar-refractivity contribution in [2.75, 3.05) is 0 Å². The van der Waals surface area contributed by atoms with Crippen LogP contribution in [0.4, 0.5) is 0 Å². The first-order valence-corrected chi connectivity index (χ1v) is 7.40. The summed E-state index contributed by atoms with van der Waals surface area (Å²) in [6.45, 7) is 1.74. The van der Waals surface area contributed by atoms with Crippen LogP contribution in [0.1, 0.15) is 32.6 Å². The highest BCUT2D eigenvalue weighted by Gasteiger charge is 2.23. The first-order valence-electron chi connectivity index (χ1n) is 7.03. The van der Waals surface area contributed by atoms with Crippen molar-refractivity contribution in [3.63, 3.8) is 0 Å². The summed E-state index contributed by atoms with van der Waals surface area (Å²) in [5.41, 5.74) is 5.85. The Hall–Kier alpha value is -0.970. The Balaban J connectivity index is 0.00000220. The van der Waals surface area contributed by atoms with Crippen LogP contribution in [0, 0.1) is 0 Å². The molecule has 1 fully saturated rings. The van der Waals surface area contributed by atoms with E-state index in [1.807, 2.05) is 0 Å². The van der Waals surface area contributed by atoms with Crippen LogP contribution in [0.5, 0.6) is 5.75 Å². The van der Waals surface area contributed by atoms with Gasteiger partial charge >= 0.3 is 0 Å². The zero-order valence-corrected chi connectivity index (χ0v) is 13.6. The molecule has 3 N–H and O–H groups in total. The van der Waals surface area contributed by atoms with E-state index in [1.54, 1.807) is 31.2 Å². The van der Waals surface area contributed by atoms with Gasteiger partial charge in [0, 0.05) is 17.1 Å². The third-order valence-corrected chi connectivity index (χ3v) is 3.83. The molecule has 0 aromatic heterocycles. The van der Waals surface area contributed by atoms with Gasteiger partial charge in [0.2, 0.25) is 0 Å². The molecule has 0 radical (unpaired) electrons. The minimum Gasteiger partial charge on any atom is -0.481 e. The van der Waals surface area contributed by atoms with Gasteiger partial charge in [-0.3, -0.25) is 4.79 Å². The summed E-state index contributed by atoms with van der Waals surface area (Å²) < 4.78 is 5.60. The van der Waals surface area contributed by atoms with Gasteiger partial charge in [0.1, 0.15) is 5.75 Å². The Morgan fingerprint density at radius 2 is 2.05 bits per heavy atom. The monoisotopic (exact) mass is 332 g/mol. The molecule has 1 aromatic carbocycles. The van der Waals surface area contributed by atoms with Crippen molar-refractivity contribution in [1.82, 2.24) is 5.32 Å². The van der Waals surface area contributed by atoms with E-state index in [-0.39, 0.29) is 30.4 Å². The summed E-state index contributed by atoms with van der Waals surface area (Å²) in [5, 5.41) is 3.62. The fraction of sp³-hybridized carbons (Fsp3) is 0.533. The van der Waals surface area contributed by atoms with E-state index in [0.717, 1.165) is 25.7 Å². The number of nitrogens with one attached hydrogen (secondary N) is 1. The Bertz CT molecular complexity index is 463. The van der Waals surface area contributed by atoms with Gasteiger partial charge in [-0.2, -0.15) is 0 Å². The molecule has 0 bridgehead atoms. The fourth-order valence-corrected chi connectivity index (χ4v) is 2.56. The molecule has 0 spiro atoms. The number of benzene rings is 1. The number of amides is 1. The van der Waals surface area contributed by atoms with Gasteiger partial charge in [-0.05, 0) is 50.8 Å². The van der Waals surface area contributed by atoms with E-state index in [0.29, 0.717) is 10.8 Å².